The van der Waals surface area contributed by atoms with E-state index < -0.39 is 41.1 Å². The summed E-state index contributed by atoms with van der Waals surface area (Å²) in [6.07, 6.45) is -0.574. The fourth-order valence-corrected chi connectivity index (χ4v) is 3.13. The smallest absolute Gasteiger partial charge is 0.330 e. The van der Waals surface area contributed by atoms with Gasteiger partial charge in [-0.3, -0.25) is 14.3 Å². The number of ether oxygens (including phenoxy) is 3. The van der Waals surface area contributed by atoms with Crippen molar-refractivity contribution in [2.45, 2.75) is 50.6 Å². The fourth-order valence-electron chi connectivity index (χ4n) is 3.13. The molecule has 4 atom stereocenters. The van der Waals surface area contributed by atoms with Gasteiger partial charge >= 0.3 is 5.69 Å². The van der Waals surface area contributed by atoms with Crippen LogP contribution in [0.1, 0.15) is 27.0 Å². The molecule has 2 fully saturated rings. The summed E-state index contributed by atoms with van der Waals surface area (Å²) in [5.41, 5.74) is -2.03. The minimum atomic E-state index is -0.945. The molecular weight excluding hydrogens is 280 g/mol. The van der Waals surface area contributed by atoms with Gasteiger partial charge in [-0.25, -0.2) is 4.79 Å². The molecule has 1 aromatic heterocycles. The summed E-state index contributed by atoms with van der Waals surface area (Å²) in [6.45, 7) is 5.04. The maximum Gasteiger partial charge on any atom is 0.330 e. The molecule has 0 saturated carbocycles. The number of aromatic nitrogens is 2. The highest BCUT2D eigenvalue weighted by Crippen LogP contribution is 2.50. The van der Waals surface area contributed by atoms with Gasteiger partial charge in [0, 0.05) is 12.3 Å². The van der Waals surface area contributed by atoms with Crippen LogP contribution in [0.4, 0.5) is 0 Å². The van der Waals surface area contributed by atoms with Crippen LogP contribution in [0.3, 0.4) is 0 Å². The van der Waals surface area contributed by atoms with Crippen molar-refractivity contribution in [3.8, 4) is 0 Å². The van der Waals surface area contributed by atoms with Crippen molar-refractivity contribution in [1.82, 2.24) is 9.55 Å². The molecule has 8 nitrogen and oxygen atoms in total. The van der Waals surface area contributed by atoms with Gasteiger partial charge in [0.2, 0.25) is 0 Å². The maximum absolute atomic E-state index is 12.0. The van der Waals surface area contributed by atoms with Gasteiger partial charge in [-0.1, -0.05) is 0 Å². The minimum absolute atomic E-state index is 0.256. The molecule has 3 heterocycles. The summed E-state index contributed by atoms with van der Waals surface area (Å²) in [5, 5.41) is 9.47. The summed E-state index contributed by atoms with van der Waals surface area (Å²) in [7, 11) is 0. The van der Waals surface area contributed by atoms with Crippen LogP contribution >= 0.6 is 0 Å². The zero-order valence-electron chi connectivity index (χ0n) is 12.0. The third kappa shape index (κ3) is 2.15. The van der Waals surface area contributed by atoms with E-state index in [4.69, 9.17) is 14.2 Å². The van der Waals surface area contributed by atoms with Gasteiger partial charge in [0.05, 0.1) is 6.61 Å². The predicted octanol–water partition coefficient (Wildman–Crippen LogP) is -0.663. The highest BCUT2D eigenvalue weighted by molar-refractivity contribution is 5.06. The first-order valence-electron chi connectivity index (χ1n) is 6.72. The molecule has 0 radical (unpaired) electrons. The Labute approximate surface area is 120 Å². The van der Waals surface area contributed by atoms with Gasteiger partial charge in [-0.15, -0.1) is 0 Å². The fraction of sp³-hybridized carbons (Fsp3) is 0.692. The summed E-state index contributed by atoms with van der Waals surface area (Å²) in [5.74, 6) is -0.847. The number of hydrogen-bond acceptors (Lipinski definition) is 6. The molecular formula is C13H18N2O6. The van der Waals surface area contributed by atoms with Crippen molar-refractivity contribution in [1.29, 1.82) is 0 Å². The van der Waals surface area contributed by atoms with Crippen molar-refractivity contribution in [3.05, 3.63) is 33.1 Å². The molecule has 116 valence electrons. The molecule has 2 N–H and O–H groups in total. The van der Waals surface area contributed by atoms with E-state index in [0.29, 0.717) is 0 Å². The second kappa shape index (κ2) is 4.51. The van der Waals surface area contributed by atoms with Crippen molar-refractivity contribution < 1.29 is 19.3 Å². The van der Waals surface area contributed by atoms with Crippen molar-refractivity contribution in [2.75, 3.05) is 6.61 Å². The van der Waals surface area contributed by atoms with Crippen molar-refractivity contribution in [2.24, 2.45) is 0 Å². The first-order chi connectivity index (χ1) is 9.77. The SMILES string of the molecule is CC1(C)O[C@@H]2[C@@H](CO)O[C@@H](n3ccc(=O)[nH]c3=O)[C@]2(C)O1. The maximum atomic E-state index is 12.0. The van der Waals surface area contributed by atoms with Crippen LogP contribution < -0.4 is 11.2 Å². The van der Waals surface area contributed by atoms with Gasteiger partial charge in [0.25, 0.3) is 5.56 Å². The third-order valence-electron chi connectivity index (χ3n) is 3.86. The zero-order valence-corrected chi connectivity index (χ0v) is 12.0. The summed E-state index contributed by atoms with van der Waals surface area (Å²) < 4.78 is 18.7. The summed E-state index contributed by atoms with van der Waals surface area (Å²) >= 11 is 0. The van der Waals surface area contributed by atoms with E-state index in [-0.39, 0.29) is 6.61 Å². The molecule has 2 aliphatic heterocycles. The lowest BCUT2D eigenvalue weighted by atomic mass is 9.96. The van der Waals surface area contributed by atoms with Crippen LogP contribution in [-0.4, -0.2) is 44.9 Å². The van der Waals surface area contributed by atoms with Crippen LogP contribution in [0, 0.1) is 0 Å². The molecule has 0 amide bonds. The highest BCUT2D eigenvalue weighted by atomic mass is 16.8. The summed E-state index contributed by atoms with van der Waals surface area (Å²) in [4.78, 5) is 25.3. The number of nitrogens with zero attached hydrogens (tertiary/aromatic N) is 1. The van der Waals surface area contributed by atoms with E-state index in [2.05, 4.69) is 4.98 Å². The van der Waals surface area contributed by atoms with E-state index in [0.717, 1.165) is 0 Å². The lowest BCUT2D eigenvalue weighted by Crippen LogP contribution is -2.45. The number of hydrogen-bond donors (Lipinski definition) is 2. The molecule has 2 saturated heterocycles. The molecule has 0 bridgehead atoms. The molecule has 0 spiro atoms. The van der Waals surface area contributed by atoms with E-state index in [9.17, 15) is 14.7 Å². The molecule has 0 aromatic carbocycles. The lowest BCUT2D eigenvalue weighted by molar-refractivity contribution is -0.218. The average Bonchev–Trinajstić information content (AvgIpc) is 2.76. The van der Waals surface area contributed by atoms with Gasteiger partial charge < -0.3 is 19.3 Å². The first kappa shape index (κ1) is 14.5. The Kier molecular flexibility index (Phi) is 3.10. The van der Waals surface area contributed by atoms with E-state index in [1.165, 1.54) is 16.8 Å². The van der Waals surface area contributed by atoms with Crippen LogP contribution in [-0.2, 0) is 14.2 Å². The van der Waals surface area contributed by atoms with E-state index in [1.807, 2.05) is 0 Å². The zero-order chi connectivity index (χ0) is 15.4. The van der Waals surface area contributed by atoms with Gasteiger partial charge in [0.1, 0.15) is 17.8 Å². The molecule has 21 heavy (non-hydrogen) atoms. The third-order valence-corrected chi connectivity index (χ3v) is 3.86. The Balaban J connectivity index is 2.07. The van der Waals surface area contributed by atoms with Crippen molar-refractivity contribution >= 4 is 0 Å². The number of aliphatic hydroxyl groups is 1. The number of rotatable bonds is 2. The normalized spacial score (nSPS) is 37.6. The van der Waals surface area contributed by atoms with E-state index in [1.54, 1.807) is 20.8 Å². The second-order valence-corrected chi connectivity index (χ2v) is 5.95. The minimum Gasteiger partial charge on any atom is -0.394 e. The Bertz CT molecular complexity index is 665. The highest BCUT2D eigenvalue weighted by Gasteiger charge is 2.64. The monoisotopic (exact) mass is 298 g/mol. The molecule has 8 heteroatoms. The Morgan fingerprint density at radius 1 is 1.38 bits per heavy atom. The number of nitrogens with one attached hydrogen (secondary N) is 1. The first-order valence-corrected chi connectivity index (χ1v) is 6.72. The second-order valence-electron chi connectivity index (χ2n) is 5.95. The van der Waals surface area contributed by atoms with E-state index >= 15 is 0 Å². The molecule has 0 aliphatic carbocycles. The summed E-state index contributed by atoms with van der Waals surface area (Å²) in [6, 6.07) is 1.23. The topological polar surface area (TPSA) is 103 Å². The van der Waals surface area contributed by atoms with Crippen molar-refractivity contribution in [3.63, 3.8) is 0 Å². The Morgan fingerprint density at radius 2 is 2.10 bits per heavy atom. The van der Waals surface area contributed by atoms with Crippen LogP contribution in [0.25, 0.3) is 0 Å². The largest absolute Gasteiger partial charge is 0.394 e. The standard InChI is InChI=1S/C13H18N2O6/c1-12(2)20-9-7(6-16)19-10(13(9,3)21-12)15-5-4-8(17)14-11(15)18/h4-5,7,9-10,16H,6H2,1-3H3,(H,14,17,18)/t7-,9-,10-,13-/m1/s1. The predicted molar refractivity (Wildman–Crippen MR) is 70.8 cm³/mol. The lowest BCUT2D eigenvalue weighted by Gasteiger charge is -2.30. The number of H-pyrrole nitrogens is 1. The Hall–Kier alpha value is -1.48. The van der Waals surface area contributed by atoms with Gasteiger partial charge in [0.15, 0.2) is 12.0 Å². The molecule has 0 unspecified atom stereocenters. The van der Waals surface area contributed by atoms with Crippen LogP contribution in [0.2, 0.25) is 0 Å². The van der Waals surface area contributed by atoms with Gasteiger partial charge in [-0.2, -0.15) is 0 Å². The number of aromatic amines is 1. The van der Waals surface area contributed by atoms with Crippen LogP contribution in [0.5, 0.6) is 0 Å². The average molecular weight is 298 g/mol. The van der Waals surface area contributed by atoms with Gasteiger partial charge in [-0.05, 0) is 20.8 Å². The Morgan fingerprint density at radius 3 is 2.71 bits per heavy atom. The number of fused-ring (bicyclic) bond motifs is 1. The quantitative estimate of drug-likeness (QED) is 0.751. The molecule has 3 rings (SSSR count). The molecule has 2 aliphatic rings. The number of aliphatic hydroxyl groups excluding tert-OH is 1. The van der Waals surface area contributed by atoms with Crippen LogP contribution in [0.15, 0.2) is 21.9 Å². The molecule has 1 aromatic rings.